The Balaban J connectivity index is 2.19. The van der Waals surface area contributed by atoms with Crippen molar-refractivity contribution in [2.24, 2.45) is 0 Å². The lowest BCUT2D eigenvalue weighted by molar-refractivity contribution is 0.120. The monoisotopic (exact) mass is 364 g/mol. The summed E-state index contributed by atoms with van der Waals surface area (Å²) in [4.78, 5) is 0. The summed E-state index contributed by atoms with van der Waals surface area (Å²) in [6.07, 6.45) is 2.96. The predicted molar refractivity (Wildman–Crippen MR) is 100.0 cm³/mol. The van der Waals surface area contributed by atoms with E-state index in [1.807, 2.05) is 18.2 Å². The minimum atomic E-state index is -0.542. The van der Waals surface area contributed by atoms with Crippen LogP contribution in [-0.4, -0.2) is 35.6 Å². The number of benzene rings is 2. The van der Waals surface area contributed by atoms with Crippen molar-refractivity contribution in [2.75, 3.05) is 13.2 Å². The van der Waals surface area contributed by atoms with Crippen LogP contribution in [0, 0.1) is 0 Å². The van der Waals surface area contributed by atoms with E-state index >= 15 is 0 Å². The van der Waals surface area contributed by atoms with Gasteiger partial charge in [0.05, 0.1) is 12.2 Å². The molecule has 0 spiro atoms. The van der Waals surface area contributed by atoms with Crippen LogP contribution < -0.4 is 9.47 Å². The molecule has 0 aliphatic heterocycles. The highest BCUT2D eigenvalue weighted by Crippen LogP contribution is 2.45. The standard InChI is InChI=1S/C20H25ClO4/c1-12(22)10-24-19-15-5-3-4-6-16(15)20(25-11-13(2)23)18-9-14(21)7-8-17(18)19/h7-9,12-13,22-23H,3-6,10-11H2,1-2H3. The molecule has 3 rings (SSSR count). The van der Waals surface area contributed by atoms with E-state index < -0.39 is 12.2 Å². The van der Waals surface area contributed by atoms with E-state index in [-0.39, 0.29) is 13.2 Å². The molecular weight excluding hydrogens is 340 g/mol. The number of fused-ring (bicyclic) bond motifs is 2. The van der Waals surface area contributed by atoms with Crippen LogP contribution in [0.25, 0.3) is 10.8 Å². The summed E-state index contributed by atoms with van der Waals surface area (Å²) < 4.78 is 12.0. The zero-order chi connectivity index (χ0) is 18.0. The first-order chi connectivity index (χ1) is 12.0. The number of ether oxygens (including phenoxy) is 2. The molecule has 0 saturated carbocycles. The van der Waals surface area contributed by atoms with E-state index in [9.17, 15) is 10.2 Å². The van der Waals surface area contributed by atoms with Crippen LogP contribution in [-0.2, 0) is 12.8 Å². The lowest BCUT2D eigenvalue weighted by Crippen LogP contribution is -2.18. The Morgan fingerprint density at radius 2 is 1.44 bits per heavy atom. The highest BCUT2D eigenvalue weighted by molar-refractivity contribution is 6.31. The summed E-state index contributed by atoms with van der Waals surface area (Å²) in [5.74, 6) is 1.63. The van der Waals surface area contributed by atoms with Crippen LogP contribution in [0.2, 0.25) is 5.02 Å². The summed E-state index contributed by atoms with van der Waals surface area (Å²) in [5.41, 5.74) is 2.30. The first-order valence-electron chi connectivity index (χ1n) is 8.86. The van der Waals surface area contributed by atoms with E-state index in [0.717, 1.165) is 59.1 Å². The summed E-state index contributed by atoms with van der Waals surface area (Å²) in [5, 5.41) is 21.7. The van der Waals surface area contributed by atoms with E-state index in [1.165, 1.54) is 0 Å². The van der Waals surface area contributed by atoms with Crippen LogP contribution in [0.3, 0.4) is 0 Å². The third-order valence-corrected chi connectivity index (χ3v) is 4.66. The van der Waals surface area contributed by atoms with Gasteiger partial charge in [0.25, 0.3) is 0 Å². The van der Waals surface area contributed by atoms with Gasteiger partial charge in [-0.15, -0.1) is 0 Å². The largest absolute Gasteiger partial charge is 0.490 e. The second-order valence-electron chi connectivity index (χ2n) is 6.83. The number of aliphatic hydroxyl groups is 2. The summed E-state index contributed by atoms with van der Waals surface area (Å²) in [6, 6.07) is 5.67. The maximum absolute atomic E-state index is 9.64. The van der Waals surface area contributed by atoms with E-state index in [0.29, 0.717) is 5.02 Å². The third kappa shape index (κ3) is 4.02. The van der Waals surface area contributed by atoms with Gasteiger partial charge in [-0.3, -0.25) is 0 Å². The molecule has 0 fully saturated rings. The fourth-order valence-electron chi connectivity index (χ4n) is 3.37. The van der Waals surface area contributed by atoms with Crippen molar-refractivity contribution < 1.29 is 19.7 Å². The topological polar surface area (TPSA) is 58.9 Å². The molecule has 0 heterocycles. The Labute approximate surface area is 153 Å². The average Bonchev–Trinajstić information content (AvgIpc) is 2.57. The summed E-state index contributed by atoms with van der Waals surface area (Å²) >= 11 is 6.23. The van der Waals surface area contributed by atoms with E-state index in [2.05, 4.69) is 0 Å². The number of hydrogen-bond acceptors (Lipinski definition) is 4. The Bertz CT molecular complexity index is 755. The molecule has 136 valence electrons. The zero-order valence-electron chi connectivity index (χ0n) is 14.7. The highest BCUT2D eigenvalue weighted by Gasteiger charge is 2.24. The molecule has 2 aromatic rings. The molecule has 0 radical (unpaired) electrons. The molecule has 1 aliphatic carbocycles. The molecule has 25 heavy (non-hydrogen) atoms. The second-order valence-corrected chi connectivity index (χ2v) is 7.27. The van der Waals surface area contributed by atoms with Crippen molar-refractivity contribution >= 4 is 22.4 Å². The first-order valence-corrected chi connectivity index (χ1v) is 9.24. The molecule has 2 aromatic carbocycles. The Kier molecular flexibility index (Phi) is 5.72. The van der Waals surface area contributed by atoms with Crippen LogP contribution in [0.5, 0.6) is 11.5 Å². The van der Waals surface area contributed by atoms with Gasteiger partial charge in [0.2, 0.25) is 0 Å². The maximum Gasteiger partial charge on any atom is 0.131 e. The fraction of sp³-hybridized carbons (Fsp3) is 0.500. The van der Waals surface area contributed by atoms with Gasteiger partial charge >= 0.3 is 0 Å². The van der Waals surface area contributed by atoms with Gasteiger partial charge in [0.15, 0.2) is 0 Å². The van der Waals surface area contributed by atoms with Crippen LogP contribution in [0.4, 0.5) is 0 Å². The molecule has 5 heteroatoms. The van der Waals surface area contributed by atoms with Gasteiger partial charge in [-0.2, -0.15) is 0 Å². The normalized spacial score (nSPS) is 16.4. The molecule has 1 aliphatic rings. The zero-order valence-corrected chi connectivity index (χ0v) is 15.5. The average molecular weight is 365 g/mol. The quantitative estimate of drug-likeness (QED) is 0.816. The van der Waals surface area contributed by atoms with E-state index in [4.69, 9.17) is 21.1 Å². The smallest absolute Gasteiger partial charge is 0.131 e. The molecule has 2 atom stereocenters. The van der Waals surface area contributed by atoms with Crippen molar-refractivity contribution in [1.82, 2.24) is 0 Å². The van der Waals surface area contributed by atoms with Gasteiger partial charge in [0, 0.05) is 26.9 Å². The van der Waals surface area contributed by atoms with Crippen molar-refractivity contribution in [3.63, 3.8) is 0 Å². The van der Waals surface area contributed by atoms with Crippen molar-refractivity contribution in [3.05, 3.63) is 34.3 Å². The Morgan fingerprint density at radius 3 is 1.96 bits per heavy atom. The molecular formula is C20H25ClO4. The fourth-order valence-corrected chi connectivity index (χ4v) is 3.54. The summed E-state index contributed by atoms with van der Waals surface area (Å²) in [7, 11) is 0. The molecule has 0 amide bonds. The number of hydrogen-bond donors (Lipinski definition) is 2. The van der Waals surface area contributed by atoms with Gasteiger partial charge < -0.3 is 19.7 Å². The first kappa shape index (κ1) is 18.3. The van der Waals surface area contributed by atoms with Gasteiger partial charge in [0.1, 0.15) is 24.7 Å². The highest BCUT2D eigenvalue weighted by atomic mass is 35.5. The molecule has 2 N–H and O–H groups in total. The molecule has 0 aromatic heterocycles. The second kappa shape index (κ2) is 7.81. The van der Waals surface area contributed by atoms with Gasteiger partial charge in [-0.1, -0.05) is 11.6 Å². The van der Waals surface area contributed by atoms with Crippen LogP contribution in [0.1, 0.15) is 37.8 Å². The number of aliphatic hydroxyl groups excluding tert-OH is 2. The van der Waals surface area contributed by atoms with Crippen molar-refractivity contribution in [1.29, 1.82) is 0 Å². The van der Waals surface area contributed by atoms with Gasteiger partial charge in [-0.25, -0.2) is 0 Å². The lowest BCUT2D eigenvalue weighted by atomic mass is 9.87. The van der Waals surface area contributed by atoms with Gasteiger partial charge in [-0.05, 0) is 57.7 Å². The predicted octanol–water partition coefficient (Wildman–Crippen LogP) is 3.89. The summed E-state index contributed by atoms with van der Waals surface area (Å²) in [6.45, 7) is 3.91. The number of rotatable bonds is 6. The SMILES string of the molecule is CC(O)COc1c2c(c(OCC(C)O)c3cc(Cl)ccc13)CCCC2. The third-order valence-electron chi connectivity index (χ3n) is 4.42. The Morgan fingerprint density at radius 1 is 0.920 bits per heavy atom. The van der Waals surface area contributed by atoms with Crippen LogP contribution >= 0.6 is 11.6 Å². The minimum absolute atomic E-state index is 0.238. The number of halogens is 1. The molecule has 0 saturated heterocycles. The lowest BCUT2D eigenvalue weighted by Gasteiger charge is -2.26. The molecule has 4 nitrogen and oxygen atoms in total. The van der Waals surface area contributed by atoms with Crippen LogP contribution in [0.15, 0.2) is 18.2 Å². The van der Waals surface area contributed by atoms with Crippen molar-refractivity contribution in [3.8, 4) is 11.5 Å². The maximum atomic E-state index is 9.64. The molecule has 2 unspecified atom stereocenters. The Hall–Kier alpha value is -1.49. The van der Waals surface area contributed by atoms with E-state index in [1.54, 1.807) is 13.8 Å². The van der Waals surface area contributed by atoms with Crippen molar-refractivity contribution in [2.45, 2.75) is 51.7 Å². The molecule has 0 bridgehead atoms. The minimum Gasteiger partial charge on any atom is -0.490 e.